The van der Waals surface area contributed by atoms with E-state index in [4.69, 9.17) is 0 Å². The van der Waals surface area contributed by atoms with Crippen molar-refractivity contribution in [2.24, 2.45) is 0 Å². The van der Waals surface area contributed by atoms with E-state index in [1.165, 1.54) is 23.2 Å². The summed E-state index contributed by atoms with van der Waals surface area (Å²) in [6.07, 6.45) is 1.19. The zero-order chi connectivity index (χ0) is 8.97. The van der Waals surface area contributed by atoms with Gasteiger partial charge in [-0.2, -0.15) is 0 Å². The molecule has 12 heavy (non-hydrogen) atoms. The summed E-state index contributed by atoms with van der Waals surface area (Å²) in [7, 11) is 0. The maximum atomic E-state index is 3.33. The Bertz CT molecular complexity index is 258. The molecule has 0 saturated carbocycles. The summed E-state index contributed by atoms with van der Waals surface area (Å²) in [6, 6.07) is 6.57. The van der Waals surface area contributed by atoms with Gasteiger partial charge in [0.05, 0.1) is 0 Å². The summed E-state index contributed by atoms with van der Waals surface area (Å²) >= 11 is 0. The van der Waals surface area contributed by atoms with Crippen molar-refractivity contribution in [2.75, 3.05) is 11.9 Å². The maximum Gasteiger partial charge on any atom is 0.0373 e. The predicted molar refractivity (Wildman–Crippen MR) is 56.8 cm³/mol. The highest BCUT2D eigenvalue weighted by atomic mass is 14.9. The Balaban J connectivity index is 0.000000451. The van der Waals surface area contributed by atoms with Gasteiger partial charge in [0, 0.05) is 13.7 Å². The van der Waals surface area contributed by atoms with Gasteiger partial charge >= 0.3 is 0 Å². The molecule has 0 spiro atoms. The molecule has 1 nitrogen and oxygen atoms in total. The molecule has 1 aliphatic rings. The second-order valence-corrected chi connectivity index (χ2v) is 2.84. The molecule has 0 amide bonds. The highest BCUT2D eigenvalue weighted by molar-refractivity contribution is 5.56. The van der Waals surface area contributed by atoms with E-state index in [2.05, 4.69) is 30.4 Å². The molecule has 2 rings (SSSR count). The van der Waals surface area contributed by atoms with Crippen molar-refractivity contribution in [1.82, 2.24) is 0 Å². The van der Waals surface area contributed by atoms with Crippen LogP contribution in [0.15, 0.2) is 18.2 Å². The maximum absolute atomic E-state index is 3.33. The zero-order valence-corrected chi connectivity index (χ0v) is 8.15. The minimum atomic E-state index is 0. The number of hydrogen-bond acceptors (Lipinski definition) is 1. The lowest BCUT2D eigenvalue weighted by atomic mass is 10.1. The van der Waals surface area contributed by atoms with Crippen molar-refractivity contribution in [2.45, 2.75) is 27.2 Å². The van der Waals surface area contributed by atoms with Crippen LogP contribution in [0.1, 0.15) is 26.4 Å². The summed E-state index contributed by atoms with van der Waals surface area (Å²) in [5.74, 6) is 0. The molecule has 1 heteroatoms. The fourth-order valence-corrected chi connectivity index (χ4v) is 1.43. The molecule has 0 aliphatic carbocycles. The van der Waals surface area contributed by atoms with Gasteiger partial charge in [-0.05, 0) is 25.0 Å². The SMILES string of the molecule is CC.Cc1ccc2c(c1)CCN2.[HH]. The fraction of sp³-hybridized carbons (Fsp3) is 0.455. The molecule has 1 aliphatic heterocycles. The van der Waals surface area contributed by atoms with Crippen LogP contribution in [0.5, 0.6) is 0 Å². The summed E-state index contributed by atoms with van der Waals surface area (Å²) < 4.78 is 0. The minimum Gasteiger partial charge on any atom is -0.384 e. The van der Waals surface area contributed by atoms with Crippen LogP contribution in [0.4, 0.5) is 5.69 Å². The van der Waals surface area contributed by atoms with Crippen molar-refractivity contribution in [3.8, 4) is 0 Å². The number of rotatable bonds is 0. The van der Waals surface area contributed by atoms with E-state index in [0.717, 1.165) is 6.54 Å². The van der Waals surface area contributed by atoms with Crippen molar-refractivity contribution in [3.63, 3.8) is 0 Å². The number of hydrogen-bond donors (Lipinski definition) is 1. The topological polar surface area (TPSA) is 12.0 Å². The molecular weight excluding hydrogens is 146 g/mol. The summed E-state index contributed by atoms with van der Waals surface area (Å²) in [5, 5.41) is 3.33. The Kier molecular flexibility index (Phi) is 3.15. The van der Waals surface area contributed by atoms with Crippen molar-refractivity contribution in [1.29, 1.82) is 0 Å². The lowest BCUT2D eigenvalue weighted by molar-refractivity contribution is 1.10. The van der Waals surface area contributed by atoms with Gasteiger partial charge in [-0.3, -0.25) is 0 Å². The number of benzene rings is 1. The largest absolute Gasteiger partial charge is 0.384 e. The third-order valence-corrected chi connectivity index (χ3v) is 1.97. The second kappa shape index (κ2) is 4.15. The molecule has 0 radical (unpaired) electrons. The first kappa shape index (κ1) is 9.11. The van der Waals surface area contributed by atoms with Crippen LogP contribution >= 0.6 is 0 Å². The second-order valence-electron chi connectivity index (χ2n) is 2.84. The molecule has 0 atom stereocenters. The van der Waals surface area contributed by atoms with E-state index in [-0.39, 0.29) is 1.43 Å². The first-order valence-electron chi connectivity index (χ1n) is 4.70. The Hall–Kier alpha value is -0.980. The van der Waals surface area contributed by atoms with Crippen molar-refractivity contribution >= 4 is 5.69 Å². The normalized spacial score (nSPS) is 12.6. The van der Waals surface area contributed by atoms with Crippen LogP contribution in [0.3, 0.4) is 0 Å². The fourth-order valence-electron chi connectivity index (χ4n) is 1.43. The van der Waals surface area contributed by atoms with E-state index in [1.54, 1.807) is 0 Å². The van der Waals surface area contributed by atoms with Gasteiger partial charge in [-0.25, -0.2) is 0 Å². The number of anilines is 1. The van der Waals surface area contributed by atoms with Gasteiger partial charge in [0.2, 0.25) is 0 Å². The quantitative estimate of drug-likeness (QED) is 0.622. The molecule has 0 bridgehead atoms. The predicted octanol–water partition coefficient (Wildman–Crippen LogP) is 3.24. The first-order valence-corrected chi connectivity index (χ1v) is 4.70. The third-order valence-electron chi connectivity index (χ3n) is 1.97. The molecule has 1 N–H and O–H groups in total. The van der Waals surface area contributed by atoms with Gasteiger partial charge < -0.3 is 5.32 Å². The van der Waals surface area contributed by atoms with Crippen LogP contribution in [0, 0.1) is 6.92 Å². The van der Waals surface area contributed by atoms with Crippen molar-refractivity contribution < 1.29 is 1.43 Å². The molecule has 0 fully saturated rings. The Morgan fingerprint density at radius 2 is 2.08 bits per heavy atom. The summed E-state index contributed by atoms with van der Waals surface area (Å²) in [5.41, 5.74) is 4.16. The molecule has 1 aromatic carbocycles. The van der Waals surface area contributed by atoms with E-state index < -0.39 is 0 Å². The highest BCUT2D eigenvalue weighted by Crippen LogP contribution is 2.22. The number of nitrogens with one attached hydrogen (secondary N) is 1. The van der Waals surface area contributed by atoms with Crippen LogP contribution in [-0.4, -0.2) is 6.54 Å². The van der Waals surface area contributed by atoms with Crippen LogP contribution in [-0.2, 0) is 6.42 Å². The van der Waals surface area contributed by atoms with E-state index >= 15 is 0 Å². The molecule has 68 valence electrons. The van der Waals surface area contributed by atoms with Gasteiger partial charge in [0.25, 0.3) is 0 Å². The van der Waals surface area contributed by atoms with E-state index in [0.29, 0.717) is 0 Å². The van der Waals surface area contributed by atoms with E-state index in [1.807, 2.05) is 13.8 Å². The summed E-state index contributed by atoms with van der Waals surface area (Å²) in [6.45, 7) is 7.25. The third kappa shape index (κ3) is 1.79. The number of fused-ring (bicyclic) bond motifs is 1. The average molecular weight is 165 g/mol. The lowest BCUT2D eigenvalue weighted by Crippen LogP contribution is -1.90. The molecule has 1 heterocycles. The Labute approximate surface area is 76.3 Å². The highest BCUT2D eigenvalue weighted by Gasteiger charge is 2.07. The molecular formula is C11H19N. The van der Waals surface area contributed by atoms with Crippen LogP contribution in [0.2, 0.25) is 0 Å². The Morgan fingerprint density at radius 1 is 1.33 bits per heavy atom. The summed E-state index contributed by atoms with van der Waals surface area (Å²) in [4.78, 5) is 0. The van der Waals surface area contributed by atoms with Crippen molar-refractivity contribution in [3.05, 3.63) is 29.3 Å². The zero-order valence-electron chi connectivity index (χ0n) is 8.15. The molecule has 0 unspecified atom stereocenters. The molecule has 0 aromatic heterocycles. The lowest BCUT2D eigenvalue weighted by Gasteiger charge is -1.98. The van der Waals surface area contributed by atoms with Gasteiger partial charge in [0.1, 0.15) is 0 Å². The first-order chi connectivity index (χ1) is 5.86. The number of aryl methyl sites for hydroxylation is 1. The average Bonchev–Trinajstić information content (AvgIpc) is 2.54. The standard InChI is InChI=1S/C9H11N.C2H6.H2/c1-7-2-3-9-8(6-7)4-5-10-9;1-2;/h2-3,6,10H,4-5H2,1H3;1-2H3;1H. The smallest absolute Gasteiger partial charge is 0.0373 e. The minimum absolute atomic E-state index is 0. The van der Waals surface area contributed by atoms with E-state index in [9.17, 15) is 0 Å². The van der Waals surface area contributed by atoms with Crippen LogP contribution in [0.25, 0.3) is 0 Å². The molecule has 1 aromatic rings. The van der Waals surface area contributed by atoms with Gasteiger partial charge in [-0.15, -0.1) is 0 Å². The van der Waals surface area contributed by atoms with Crippen LogP contribution < -0.4 is 5.32 Å². The molecule has 0 saturated heterocycles. The monoisotopic (exact) mass is 165 g/mol. The Morgan fingerprint density at radius 3 is 2.83 bits per heavy atom. The van der Waals surface area contributed by atoms with Gasteiger partial charge in [0.15, 0.2) is 0 Å². The van der Waals surface area contributed by atoms with Gasteiger partial charge in [-0.1, -0.05) is 31.5 Å².